The number of benzene rings is 4. The summed E-state index contributed by atoms with van der Waals surface area (Å²) in [6.45, 7) is -0.0624. The first-order valence-corrected chi connectivity index (χ1v) is 30.4. The van der Waals surface area contributed by atoms with Crippen LogP contribution in [0.5, 0.6) is 0 Å². The summed E-state index contributed by atoms with van der Waals surface area (Å²) in [4.78, 5) is 70.5. The summed E-state index contributed by atoms with van der Waals surface area (Å²) in [6, 6.07) is 16.7. The minimum Gasteiger partial charge on any atom is -0.478 e. The molecule has 1 amide bonds. The molecule has 8 rings (SSSR count). The van der Waals surface area contributed by atoms with Crippen molar-refractivity contribution >= 4 is 64.0 Å². The second-order valence-corrected chi connectivity index (χ2v) is 25.2. The van der Waals surface area contributed by atoms with Gasteiger partial charge in [-0.05, 0) is 60.4 Å². The van der Waals surface area contributed by atoms with Crippen LogP contribution in [0.4, 0.5) is 5.69 Å². The number of unbranched alkanes of at least 4 members (excludes halogenated alkanes) is 3. The molecule has 3 aliphatic rings. The average Bonchev–Trinajstić information content (AvgIpc) is 3.56. The first-order valence-electron chi connectivity index (χ1n) is 24.0. The molecule has 2 aliphatic heterocycles. The number of carbonyl (C=O) groups excluding carboxylic acids is 1. The van der Waals surface area contributed by atoms with E-state index in [0.29, 0.717) is 37.1 Å². The number of aromatic nitrogens is 5. The minimum atomic E-state index is -5.22. The second-order valence-electron chi connectivity index (χ2n) is 18.5. The zero-order chi connectivity index (χ0) is 58.9. The van der Waals surface area contributed by atoms with E-state index in [4.69, 9.17) is 39.4 Å². The molecule has 1 fully saturated rings. The highest BCUT2D eigenvalue weighted by Gasteiger charge is 2.46. The van der Waals surface area contributed by atoms with E-state index in [2.05, 4.69) is 20.8 Å². The third-order valence-corrected chi connectivity index (χ3v) is 18.0. The summed E-state index contributed by atoms with van der Waals surface area (Å²) in [5.74, 6) is -4.36. The highest BCUT2D eigenvalue weighted by molar-refractivity contribution is 7.86. The Bertz CT molecular complexity index is 4090. The van der Waals surface area contributed by atoms with E-state index in [1.165, 1.54) is 43.6 Å². The van der Waals surface area contributed by atoms with Crippen LogP contribution in [0.3, 0.4) is 0 Å². The van der Waals surface area contributed by atoms with Gasteiger partial charge in [0.05, 0.1) is 29.4 Å². The van der Waals surface area contributed by atoms with Gasteiger partial charge in [0.1, 0.15) is 30.6 Å². The number of aryl methyl sites for hydroxylation is 1. The molecule has 0 bridgehead atoms. The molecule has 1 aliphatic carbocycles. The summed E-state index contributed by atoms with van der Waals surface area (Å²) >= 11 is 0. The Morgan fingerprint density at radius 2 is 1.59 bits per heavy atom. The van der Waals surface area contributed by atoms with Gasteiger partial charge >= 0.3 is 26.9 Å². The smallest absolute Gasteiger partial charge is 0.340 e. The lowest BCUT2D eigenvalue weighted by Crippen LogP contribution is -2.42. The monoisotopic (exact) mass is 1200 g/mol. The predicted octanol–water partition coefficient (Wildman–Crippen LogP) is 2.20. The third kappa shape index (κ3) is 13.6. The van der Waals surface area contributed by atoms with Gasteiger partial charge in [-0.3, -0.25) is 42.3 Å². The number of anilines is 1. The van der Waals surface area contributed by atoms with Crippen molar-refractivity contribution in [2.24, 2.45) is 12.2 Å². The largest absolute Gasteiger partial charge is 0.478 e. The fourth-order valence-electron chi connectivity index (χ4n) is 8.86. The van der Waals surface area contributed by atoms with Gasteiger partial charge < -0.3 is 59.6 Å². The molecule has 4 heterocycles. The number of nitrogen functional groups attached to an aromatic ring is 1. The predicted molar refractivity (Wildman–Crippen MR) is 280 cm³/mol. The SMILES string of the molecule is Cn1c(=O)n([C@@H]2O[C@H](COP(=O)(O)CP(=O)(O)O)C(O)C2O)cc/c1=N/OCc1ccc(-c2cn(CCCCCCNC(=O)c3ccc(-c4c5ccc(=N)c(S(=O)(=O)O)c-5oc5c(S(=O)(=O)O)c(N)ccc45)c(C(=O)O)c3)nn2)cc1. The van der Waals surface area contributed by atoms with Gasteiger partial charge in [-0.1, -0.05) is 53.5 Å². The van der Waals surface area contributed by atoms with Crippen LogP contribution in [0.15, 0.2) is 109 Å². The number of aliphatic hydroxyl groups excluding tert-OH is 2. The number of carboxylic acid groups (broad SMARTS) is 1. The van der Waals surface area contributed by atoms with Gasteiger partial charge in [-0.2, -0.15) is 16.8 Å². The molecule has 0 saturated carbocycles. The van der Waals surface area contributed by atoms with Crippen LogP contribution in [-0.2, 0) is 63.7 Å². The molecular formula is C47H51N9O21P2S2. The lowest BCUT2D eigenvalue weighted by atomic mass is 9.89. The topological polar surface area (TPSA) is 471 Å². The number of aliphatic hydroxyl groups is 2. The molecule has 1 saturated heterocycles. The zero-order valence-electron chi connectivity index (χ0n) is 42.1. The number of hydrogen-bond donors (Lipinski definition) is 11. The molecule has 3 aromatic carbocycles. The maximum absolute atomic E-state index is 13.3. The second kappa shape index (κ2) is 23.7. The Hall–Kier alpha value is -7.29. The molecule has 5 atom stereocenters. The van der Waals surface area contributed by atoms with Gasteiger partial charge in [0.15, 0.2) is 38.8 Å². The number of nitrogens with two attached hydrogens (primary N) is 1. The van der Waals surface area contributed by atoms with Crippen LogP contribution in [0.2, 0.25) is 0 Å². The van der Waals surface area contributed by atoms with E-state index < -0.39 is 128 Å². The molecule has 81 heavy (non-hydrogen) atoms. The van der Waals surface area contributed by atoms with Gasteiger partial charge in [-0.25, -0.2) is 9.59 Å². The van der Waals surface area contributed by atoms with Crippen molar-refractivity contribution in [3.05, 3.63) is 123 Å². The maximum atomic E-state index is 13.3. The lowest BCUT2D eigenvalue weighted by molar-refractivity contribution is -0.0530. The Balaban J connectivity index is 0.821. The molecule has 5 aromatic rings. The molecule has 34 heteroatoms. The number of amides is 1. The van der Waals surface area contributed by atoms with Crippen molar-refractivity contribution in [1.29, 1.82) is 5.41 Å². The van der Waals surface area contributed by atoms with Crippen molar-refractivity contribution in [3.8, 4) is 33.7 Å². The number of ether oxygens (including phenoxy) is 1. The van der Waals surface area contributed by atoms with Crippen molar-refractivity contribution in [2.75, 3.05) is 24.8 Å². The van der Waals surface area contributed by atoms with Crippen LogP contribution in [0.1, 0.15) is 58.2 Å². The number of fused-ring (bicyclic) bond motifs is 2. The molecule has 432 valence electrons. The summed E-state index contributed by atoms with van der Waals surface area (Å²) < 4.78 is 113. The van der Waals surface area contributed by atoms with Crippen LogP contribution >= 0.6 is 15.2 Å². The Kier molecular flexibility index (Phi) is 17.5. The van der Waals surface area contributed by atoms with Crippen molar-refractivity contribution in [3.63, 3.8) is 0 Å². The third-order valence-electron chi connectivity index (χ3n) is 12.7. The summed E-state index contributed by atoms with van der Waals surface area (Å²) in [5.41, 5.74) is 5.05. The number of hydrogen-bond acceptors (Lipinski definition) is 20. The van der Waals surface area contributed by atoms with Crippen LogP contribution in [-0.4, -0.2) is 129 Å². The van der Waals surface area contributed by atoms with E-state index in [0.717, 1.165) is 39.3 Å². The van der Waals surface area contributed by atoms with Crippen LogP contribution in [0, 0.1) is 5.41 Å². The molecule has 0 spiro atoms. The Labute approximate surface area is 457 Å². The Morgan fingerprint density at radius 1 is 0.901 bits per heavy atom. The molecule has 2 aromatic heterocycles. The zero-order valence-corrected chi connectivity index (χ0v) is 45.5. The molecule has 0 radical (unpaired) electrons. The van der Waals surface area contributed by atoms with Gasteiger partial charge in [0.2, 0.25) is 0 Å². The van der Waals surface area contributed by atoms with Crippen molar-refractivity contribution in [1.82, 2.24) is 29.4 Å². The van der Waals surface area contributed by atoms with E-state index in [1.54, 1.807) is 35.1 Å². The van der Waals surface area contributed by atoms with E-state index >= 15 is 0 Å². The van der Waals surface area contributed by atoms with Crippen LogP contribution in [0.25, 0.3) is 44.7 Å². The minimum absolute atomic E-state index is 0.000259. The number of rotatable bonds is 22. The first kappa shape index (κ1) is 59.8. The van der Waals surface area contributed by atoms with Crippen LogP contribution < -0.4 is 27.6 Å². The van der Waals surface area contributed by atoms with E-state index in [-0.39, 0.29) is 46.3 Å². The molecule has 30 nitrogen and oxygen atoms in total. The maximum Gasteiger partial charge on any atom is 0.340 e. The van der Waals surface area contributed by atoms with E-state index in [1.807, 2.05) is 0 Å². The molecular weight excluding hydrogens is 1150 g/mol. The quantitative estimate of drug-likeness (QED) is 0.0116. The van der Waals surface area contributed by atoms with Crippen molar-refractivity contribution in [2.45, 2.75) is 73.2 Å². The molecule has 3 unspecified atom stereocenters. The Morgan fingerprint density at radius 3 is 2.27 bits per heavy atom. The average molecular weight is 1200 g/mol. The highest BCUT2D eigenvalue weighted by Crippen LogP contribution is 2.55. The van der Waals surface area contributed by atoms with Gasteiger partial charge in [0, 0.05) is 60.0 Å². The summed E-state index contributed by atoms with van der Waals surface area (Å²) in [5, 5.41) is 54.0. The standard InChI is InChI=1S/C47H51N9O21P2S2/c1-54-36(16-19-56(47(54)62)45-39(58)38(57)35(76-45)23-75-79(66,67)24-78(63,64)65)52-74-22-25-6-8-26(9-7-25)34-21-55(53-51-34)18-5-3-2-4-17-50-44(59)27-10-11-28(31(20-27)46(60)61)37-29-12-14-32(48)42(80(68,69)70)40(29)77-41-30(37)13-15-33(49)43(41)81(71,72)73/h6-16,19-21,35,38-39,45,48,57-58H,2-5,17-18,22-24,49H2,1H3,(H,50,59)(H,60,61)(H,66,67)(H2,63,64,65)(H,68,69,70)(H,71,72,73)/b48-32?,52-36-/t35-,38?,39?,45-/m1/s1. The number of nitrogens with zero attached hydrogens (tertiary/aromatic N) is 6. The summed E-state index contributed by atoms with van der Waals surface area (Å²) in [7, 11) is -18.8. The fourth-order valence-corrected chi connectivity index (χ4v) is 12.9. The fraction of sp³-hybridized carbons (Fsp3) is 0.298. The molecule has 12 N–H and O–H groups in total. The first-order chi connectivity index (χ1) is 38.0. The summed E-state index contributed by atoms with van der Waals surface area (Å²) in [6.07, 6.45) is -0.582. The number of aromatic carboxylic acids is 1. The van der Waals surface area contributed by atoms with Gasteiger partial charge in [-0.15, -0.1) is 5.10 Å². The lowest BCUT2D eigenvalue weighted by Gasteiger charge is -2.20. The normalized spacial score (nSPS) is 17.9. The number of carboxylic acids is 1. The van der Waals surface area contributed by atoms with E-state index in [9.17, 15) is 69.7 Å². The number of nitrogens with one attached hydrogen (secondary N) is 2. The highest BCUT2D eigenvalue weighted by atomic mass is 32.2. The van der Waals surface area contributed by atoms with Gasteiger partial charge in [0.25, 0.3) is 26.1 Å². The van der Waals surface area contributed by atoms with Crippen molar-refractivity contribution < 1.29 is 93.2 Å². The number of carbonyl (C=O) groups is 2.